The van der Waals surface area contributed by atoms with Gasteiger partial charge in [0.1, 0.15) is 11.9 Å². The van der Waals surface area contributed by atoms with E-state index < -0.39 is 0 Å². The number of carbonyl (C=O) groups excluding carboxylic acids is 1. The molecule has 0 aromatic heterocycles. The van der Waals surface area contributed by atoms with E-state index in [-0.39, 0.29) is 12.1 Å². The summed E-state index contributed by atoms with van der Waals surface area (Å²) in [6.45, 7) is 6.24. The first-order valence-corrected chi connectivity index (χ1v) is 9.53. The van der Waals surface area contributed by atoms with Crippen LogP contribution >= 0.6 is 0 Å². The number of carbonyl (C=O) groups is 1. The quantitative estimate of drug-likeness (QED) is 0.845. The number of fused-ring (bicyclic) bond motifs is 1. The summed E-state index contributed by atoms with van der Waals surface area (Å²) in [5.74, 6) is 0.490. The number of hydrogen-bond acceptors (Lipinski definition) is 5. The molecule has 0 saturated carbocycles. The average Bonchev–Trinajstić information content (AvgIpc) is 2.67. The highest BCUT2D eigenvalue weighted by atomic mass is 16.5. The zero-order valence-corrected chi connectivity index (χ0v) is 16.1. The van der Waals surface area contributed by atoms with Gasteiger partial charge in [-0.25, -0.2) is 4.79 Å². The molecule has 2 aliphatic rings. The number of nitrogens with zero attached hydrogens (tertiary/aromatic N) is 1. The van der Waals surface area contributed by atoms with Crippen molar-refractivity contribution in [2.45, 2.75) is 38.5 Å². The summed E-state index contributed by atoms with van der Waals surface area (Å²) < 4.78 is 11.2. The van der Waals surface area contributed by atoms with Crippen molar-refractivity contribution >= 4 is 11.7 Å². The van der Waals surface area contributed by atoms with E-state index >= 15 is 0 Å². The van der Waals surface area contributed by atoms with Crippen LogP contribution in [-0.4, -0.2) is 38.3 Å². The van der Waals surface area contributed by atoms with Gasteiger partial charge in [-0.3, -0.25) is 0 Å². The van der Waals surface area contributed by atoms with Crippen molar-refractivity contribution in [1.29, 1.82) is 0 Å². The highest BCUT2D eigenvalue weighted by molar-refractivity contribution is 5.93. The van der Waals surface area contributed by atoms with Crippen LogP contribution in [0.15, 0.2) is 42.5 Å². The van der Waals surface area contributed by atoms with Gasteiger partial charge in [0.15, 0.2) is 0 Å². The Bertz CT molecular complexity index is 841. The molecule has 5 heteroatoms. The summed E-state index contributed by atoms with van der Waals surface area (Å²) in [6, 6.07) is 14.7. The molecule has 0 amide bonds. The normalized spacial score (nSPS) is 24.9. The lowest BCUT2D eigenvalue weighted by molar-refractivity contribution is 0.0248. The van der Waals surface area contributed by atoms with E-state index in [1.807, 2.05) is 30.3 Å². The Morgan fingerprint density at radius 1 is 1.11 bits per heavy atom. The molecule has 0 spiro atoms. The zero-order chi connectivity index (χ0) is 19.0. The third kappa shape index (κ3) is 3.52. The molecule has 1 saturated heterocycles. The summed E-state index contributed by atoms with van der Waals surface area (Å²) in [6.07, 6.45) is 0.349. The number of methoxy groups -OCH3 is 1. The number of nitrogens with one attached hydrogen (secondary N) is 1. The molecule has 2 heterocycles. The molecule has 1 fully saturated rings. The molecule has 0 radical (unpaired) electrons. The van der Waals surface area contributed by atoms with Gasteiger partial charge in [0.05, 0.1) is 12.7 Å². The number of rotatable bonds is 3. The van der Waals surface area contributed by atoms with Crippen molar-refractivity contribution in [3.8, 4) is 5.75 Å². The van der Waals surface area contributed by atoms with E-state index in [0.29, 0.717) is 24.1 Å². The molecule has 5 nitrogen and oxygen atoms in total. The Kier molecular flexibility index (Phi) is 4.79. The first kappa shape index (κ1) is 17.9. The molecule has 27 heavy (non-hydrogen) atoms. The minimum Gasteiger partial charge on any atom is -0.496 e. The highest BCUT2D eigenvalue weighted by Crippen LogP contribution is 2.36. The molecule has 2 aliphatic heterocycles. The van der Waals surface area contributed by atoms with Crippen LogP contribution in [-0.2, 0) is 11.2 Å². The topological polar surface area (TPSA) is 50.8 Å². The van der Waals surface area contributed by atoms with Crippen LogP contribution in [0.3, 0.4) is 0 Å². The smallest absolute Gasteiger partial charge is 0.339 e. The Morgan fingerprint density at radius 2 is 1.85 bits per heavy atom. The third-order valence-corrected chi connectivity index (χ3v) is 5.38. The van der Waals surface area contributed by atoms with Crippen LogP contribution in [0.2, 0.25) is 0 Å². The largest absolute Gasteiger partial charge is 0.496 e. The monoisotopic (exact) mass is 366 g/mol. The number of hydrogen-bond donors (Lipinski definition) is 1. The number of cyclic esters (lactones) is 1. The molecular weight excluding hydrogens is 340 g/mol. The number of para-hydroxylation sites is 1. The van der Waals surface area contributed by atoms with Crippen LogP contribution in [0, 0.1) is 0 Å². The number of anilines is 1. The minimum absolute atomic E-state index is 0.259. The lowest BCUT2D eigenvalue weighted by Crippen LogP contribution is -2.54. The number of piperazine rings is 1. The Balaban J connectivity index is 1.61. The zero-order valence-electron chi connectivity index (χ0n) is 16.1. The van der Waals surface area contributed by atoms with Crippen molar-refractivity contribution in [2.75, 3.05) is 25.1 Å². The maximum absolute atomic E-state index is 12.7. The molecule has 1 unspecified atom stereocenters. The van der Waals surface area contributed by atoms with Gasteiger partial charge in [-0.15, -0.1) is 0 Å². The number of esters is 1. The van der Waals surface area contributed by atoms with Gasteiger partial charge in [0.2, 0.25) is 0 Å². The van der Waals surface area contributed by atoms with Gasteiger partial charge < -0.3 is 19.7 Å². The van der Waals surface area contributed by atoms with Gasteiger partial charge in [-0.1, -0.05) is 24.3 Å². The second kappa shape index (κ2) is 7.24. The fourth-order valence-electron chi connectivity index (χ4n) is 4.21. The molecule has 0 bridgehead atoms. The van der Waals surface area contributed by atoms with Gasteiger partial charge in [-0.05, 0) is 37.6 Å². The fraction of sp³-hybridized carbons (Fsp3) is 0.409. The molecular formula is C22H26N2O3. The van der Waals surface area contributed by atoms with E-state index in [1.54, 1.807) is 7.11 Å². The summed E-state index contributed by atoms with van der Waals surface area (Å²) in [5, 5.41) is 3.54. The highest BCUT2D eigenvalue weighted by Gasteiger charge is 2.30. The van der Waals surface area contributed by atoms with Crippen LogP contribution in [0.25, 0.3) is 0 Å². The molecule has 4 rings (SSSR count). The molecule has 2 aromatic rings. The number of ether oxygens (including phenoxy) is 2. The summed E-state index contributed by atoms with van der Waals surface area (Å²) >= 11 is 0. The number of benzene rings is 2. The average molecular weight is 366 g/mol. The lowest BCUT2D eigenvalue weighted by atomic mass is 9.93. The van der Waals surface area contributed by atoms with E-state index in [0.717, 1.165) is 35.7 Å². The SMILES string of the molecule is COc1ccccc1C1Cc2ccc(N3C[C@@H](C)N[C@@H](C)C3)cc2C(=O)O1. The molecule has 0 aliphatic carbocycles. The molecule has 2 aromatic carbocycles. The Morgan fingerprint density at radius 3 is 2.59 bits per heavy atom. The van der Waals surface area contributed by atoms with Gasteiger partial charge in [0.25, 0.3) is 0 Å². The second-order valence-electron chi connectivity index (χ2n) is 7.56. The van der Waals surface area contributed by atoms with Gasteiger partial charge >= 0.3 is 5.97 Å². The predicted molar refractivity (Wildman–Crippen MR) is 106 cm³/mol. The van der Waals surface area contributed by atoms with E-state index in [4.69, 9.17) is 9.47 Å². The van der Waals surface area contributed by atoms with E-state index in [1.165, 1.54) is 0 Å². The van der Waals surface area contributed by atoms with Crippen molar-refractivity contribution < 1.29 is 14.3 Å². The van der Waals surface area contributed by atoms with Crippen LogP contribution in [0.4, 0.5) is 5.69 Å². The van der Waals surface area contributed by atoms with E-state index in [2.05, 4.69) is 36.2 Å². The Hall–Kier alpha value is -2.53. The van der Waals surface area contributed by atoms with E-state index in [9.17, 15) is 4.79 Å². The van der Waals surface area contributed by atoms with Crippen LogP contribution in [0.5, 0.6) is 5.75 Å². The van der Waals surface area contributed by atoms with Crippen molar-refractivity contribution in [1.82, 2.24) is 5.32 Å². The summed E-state index contributed by atoms with van der Waals surface area (Å²) in [7, 11) is 1.64. The predicted octanol–water partition coefficient (Wildman–Crippen LogP) is 3.34. The standard InChI is InChI=1S/C22H26N2O3/c1-14-12-24(13-15(2)23-14)17-9-8-16-10-21(27-22(25)19(16)11-17)18-6-4-5-7-20(18)26-3/h4-9,11,14-15,21,23H,10,12-13H2,1-3H3/t14-,15+,21?. The van der Waals surface area contributed by atoms with Gasteiger partial charge in [-0.2, -0.15) is 0 Å². The molecule has 1 N–H and O–H groups in total. The maximum Gasteiger partial charge on any atom is 0.339 e. The first-order chi connectivity index (χ1) is 13.0. The first-order valence-electron chi connectivity index (χ1n) is 9.53. The van der Waals surface area contributed by atoms with Crippen LogP contribution in [0.1, 0.15) is 41.4 Å². The van der Waals surface area contributed by atoms with Crippen molar-refractivity contribution in [3.63, 3.8) is 0 Å². The molecule has 3 atom stereocenters. The lowest BCUT2D eigenvalue weighted by Gasteiger charge is -2.38. The second-order valence-corrected chi connectivity index (χ2v) is 7.56. The molecule has 142 valence electrons. The Labute approximate surface area is 160 Å². The summed E-state index contributed by atoms with van der Waals surface area (Å²) in [4.78, 5) is 15.1. The van der Waals surface area contributed by atoms with Gasteiger partial charge in [0, 0.05) is 42.8 Å². The van der Waals surface area contributed by atoms with Crippen molar-refractivity contribution in [3.05, 3.63) is 59.2 Å². The maximum atomic E-state index is 12.7. The summed E-state index contributed by atoms with van der Waals surface area (Å²) in [5.41, 5.74) is 3.70. The van der Waals surface area contributed by atoms with Crippen LogP contribution < -0.4 is 15.0 Å². The minimum atomic E-state index is -0.314. The fourth-order valence-corrected chi connectivity index (χ4v) is 4.21. The third-order valence-electron chi connectivity index (χ3n) is 5.38. The van der Waals surface area contributed by atoms with Crippen molar-refractivity contribution in [2.24, 2.45) is 0 Å².